The van der Waals surface area contributed by atoms with Crippen LogP contribution in [0.2, 0.25) is 0 Å². The first-order valence-corrected chi connectivity index (χ1v) is 8.56. The lowest BCUT2D eigenvalue weighted by molar-refractivity contribution is -0.115. The second-order valence-electron chi connectivity index (χ2n) is 6.29. The van der Waals surface area contributed by atoms with Gasteiger partial charge in [0, 0.05) is 17.0 Å². The van der Waals surface area contributed by atoms with Crippen molar-refractivity contribution in [3.05, 3.63) is 59.2 Å². The number of hydrogen-bond donors (Lipinski definition) is 3. The van der Waals surface area contributed by atoms with Gasteiger partial charge in [-0.15, -0.1) is 0 Å². The van der Waals surface area contributed by atoms with Crippen LogP contribution in [0.3, 0.4) is 0 Å². The number of amides is 2. The lowest BCUT2D eigenvalue weighted by atomic mass is 9.92. The molecule has 0 aliphatic carbocycles. The van der Waals surface area contributed by atoms with E-state index in [1.807, 2.05) is 6.92 Å². The van der Waals surface area contributed by atoms with E-state index in [1.54, 1.807) is 30.3 Å². The molecule has 138 valence electrons. The monoisotopic (exact) mass is 365 g/mol. The number of aliphatic imine (C=N–C) groups is 1. The third kappa shape index (κ3) is 3.72. The number of carboxylic acid groups (broad SMARTS) is 1. The summed E-state index contributed by atoms with van der Waals surface area (Å²) in [6, 6.07) is 11.1. The number of carbonyl (C=O) groups excluding carboxylic acids is 2. The van der Waals surface area contributed by atoms with Crippen LogP contribution in [0.25, 0.3) is 0 Å². The van der Waals surface area contributed by atoms with E-state index in [2.05, 4.69) is 10.3 Å². The maximum Gasteiger partial charge on any atom is 0.335 e. The molecule has 27 heavy (non-hydrogen) atoms. The lowest BCUT2D eigenvalue weighted by Gasteiger charge is -2.13. The van der Waals surface area contributed by atoms with Crippen molar-refractivity contribution in [1.29, 1.82) is 0 Å². The number of benzene rings is 2. The largest absolute Gasteiger partial charge is 0.478 e. The molecular weight excluding hydrogens is 346 g/mol. The van der Waals surface area contributed by atoms with E-state index < -0.39 is 17.8 Å². The Morgan fingerprint density at radius 3 is 2.41 bits per heavy atom. The minimum Gasteiger partial charge on any atom is -0.478 e. The quantitative estimate of drug-likeness (QED) is 0.681. The van der Waals surface area contributed by atoms with E-state index in [0.717, 1.165) is 12.0 Å². The van der Waals surface area contributed by atoms with Gasteiger partial charge in [-0.1, -0.05) is 19.4 Å². The maximum atomic E-state index is 12.6. The molecule has 1 atom stereocenters. The van der Waals surface area contributed by atoms with Crippen LogP contribution in [0, 0.1) is 0 Å². The number of aromatic carboxylic acids is 1. The Kier molecular flexibility index (Phi) is 5.03. The molecule has 3 rings (SSSR count). The van der Waals surface area contributed by atoms with Gasteiger partial charge in [-0.3, -0.25) is 14.6 Å². The smallest absolute Gasteiger partial charge is 0.335 e. The Balaban J connectivity index is 1.99. The summed E-state index contributed by atoms with van der Waals surface area (Å²) in [5, 5.41) is 11.8. The molecule has 0 saturated carbocycles. The molecule has 1 unspecified atom stereocenters. The van der Waals surface area contributed by atoms with Gasteiger partial charge in [0.25, 0.3) is 0 Å². The molecule has 0 fully saturated rings. The van der Waals surface area contributed by atoms with Crippen molar-refractivity contribution in [2.45, 2.75) is 25.7 Å². The number of fused-ring (bicyclic) bond motifs is 1. The SMILES string of the molecule is CCCC(=Nc1ccc(C(=O)O)cc1)C1C(=O)Nc2cc(C(N)=O)ccc21. The summed E-state index contributed by atoms with van der Waals surface area (Å²) >= 11 is 0. The van der Waals surface area contributed by atoms with Crippen molar-refractivity contribution in [2.24, 2.45) is 10.7 Å². The Morgan fingerprint density at radius 1 is 1.15 bits per heavy atom. The normalized spacial score (nSPS) is 16.0. The van der Waals surface area contributed by atoms with Gasteiger partial charge in [-0.2, -0.15) is 0 Å². The van der Waals surface area contributed by atoms with Crippen molar-refractivity contribution in [3.8, 4) is 0 Å². The van der Waals surface area contributed by atoms with Crippen LogP contribution >= 0.6 is 0 Å². The summed E-state index contributed by atoms with van der Waals surface area (Å²) in [6.07, 6.45) is 1.40. The molecule has 0 radical (unpaired) electrons. The molecule has 1 heterocycles. The summed E-state index contributed by atoms with van der Waals surface area (Å²) in [5.74, 6) is -2.33. The highest BCUT2D eigenvalue weighted by atomic mass is 16.4. The van der Waals surface area contributed by atoms with Crippen LogP contribution in [0.15, 0.2) is 47.5 Å². The van der Waals surface area contributed by atoms with Crippen LogP contribution in [0.4, 0.5) is 11.4 Å². The Labute approximate surface area is 155 Å². The number of primary amides is 1. The van der Waals surface area contributed by atoms with Gasteiger partial charge in [-0.05, 0) is 48.4 Å². The minimum atomic E-state index is -1.01. The first kappa shape index (κ1) is 18.3. The number of nitrogens with one attached hydrogen (secondary N) is 1. The Morgan fingerprint density at radius 2 is 1.81 bits per heavy atom. The molecule has 0 aromatic heterocycles. The fourth-order valence-electron chi connectivity index (χ4n) is 3.11. The predicted molar refractivity (Wildman–Crippen MR) is 102 cm³/mol. The zero-order valence-corrected chi connectivity index (χ0v) is 14.7. The van der Waals surface area contributed by atoms with Crippen LogP contribution in [0.5, 0.6) is 0 Å². The average Bonchev–Trinajstić information content (AvgIpc) is 2.96. The maximum absolute atomic E-state index is 12.6. The van der Waals surface area contributed by atoms with Crippen LogP contribution in [-0.4, -0.2) is 28.6 Å². The number of anilines is 1. The Bertz CT molecular complexity index is 948. The molecule has 2 amide bonds. The molecule has 2 aromatic carbocycles. The summed E-state index contributed by atoms with van der Waals surface area (Å²) in [5.41, 5.74) is 8.38. The zero-order chi connectivity index (χ0) is 19.6. The molecular formula is C20H19N3O4. The topological polar surface area (TPSA) is 122 Å². The standard InChI is InChI=1S/C20H19N3O4/c1-2-3-15(22-13-7-4-11(5-8-13)20(26)27)17-14-9-6-12(18(21)24)10-16(14)23-19(17)25/h4-10,17H,2-3H2,1H3,(H2,21,24)(H,23,25)(H,26,27). The fraction of sp³-hybridized carbons (Fsp3) is 0.200. The fourth-order valence-corrected chi connectivity index (χ4v) is 3.11. The molecule has 0 spiro atoms. The van der Waals surface area contributed by atoms with Crippen LogP contribution in [-0.2, 0) is 4.79 Å². The number of hydrogen-bond acceptors (Lipinski definition) is 4. The first-order valence-electron chi connectivity index (χ1n) is 8.56. The number of nitrogens with zero attached hydrogens (tertiary/aromatic N) is 1. The number of carboxylic acids is 1. The van der Waals surface area contributed by atoms with Crippen LogP contribution in [0.1, 0.15) is 52.0 Å². The van der Waals surface area contributed by atoms with Gasteiger partial charge in [-0.25, -0.2) is 4.79 Å². The van der Waals surface area contributed by atoms with Gasteiger partial charge >= 0.3 is 5.97 Å². The van der Waals surface area contributed by atoms with E-state index >= 15 is 0 Å². The van der Waals surface area contributed by atoms with Crippen molar-refractivity contribution in [3.63, 3.8) is 0 Å². The molecule has 1 aliphatic heterocycles. The van der Waals surface area contributed by atoms with E-state index in [0.29, 0.717) is 29.1 Å². The van der Waals surface area contributed by atoms with Gasteiger partial charge < -0.3 is 16.2 Å². The summed E-state index contributed by atoms with van der Waals surface area (Å²) in [4.78, 5) is 39.5. The minimum absolute atomic E-state index is 0.175. The van der Waals surface area contributed by atoms with Gasteiger partial charge in [0.05, 0.1) is 11.3 Å². The van der Waals surface area contributed by atoms with Gasteiger partial charge in [0.15, 0.2) is 0 Å². The van der Waals surface area contributed by atoms with Crippen molar-refractivity contribution in [1.82, 2.24) is 0 Å². The number of rotatable bonds is 6. The summed E-state index contributed by atoms with van der Waals surface area (Å²) in [6.45, 7) is 1.99. The second kappa shape index (κ2) is 7.41. The van der Waals surface area contributed by atoms with Crippen molar-refractivity contribution in [2.75, 3.05) is 5.32 Å². The molecule has 0 bridgehead atoms. The zero-order valence-electron chi connectivity index (χ0n) is 14.7. The number of nitrogens with two attached hydrogens (primary N) is 1. The second-order valence-corrected chi connectivity index (χ2v) is 6.29. The highest BCUT2D eigenvalue weighted by Gasteiger charge is 2.34. The van der Waals surface area contributed by atoms with E-state index in [9.17, 15) is 14.4 Å². The van der Waals surface area contributed by atoms with Crippen LogP contribution < -0.4 is 11.1 Å². The average molecular weight is 365 g/mol. The molecule has 0 saturated heterocycles. The molecule has 2 aromatic rings. The molecule has 1 aliphatic rings. The third-order valence-electron chi connectivity index (χ3n) is 4.40. The summed E-state index contributed by atoms with van der Waals surface area (Å²) in [7, 11) is 0. The van der Waals surface area contributed by atoms with E-state index in [-0.39, 0.29) is 11.5 Å². The molecule has 7 nitrogen and oxygen atoms in total. The van der Waals surface area contributed by atoms with E-state index in [4.69, 9.17) is 10.8 Å². The van der Waals surface area contributed by atoms with Gasteiger partial charge in [0.1, 0.15) is 5.92 Å². The number of carbonyl (C=O) groups is 3. The predicted octanol–water partition coefficient (Wildman–Crippen LogP) is 3.09. The first-order chi connectivity index (χ1) is 12.9. The Hall–Kier alpha value is -3.48. The van der Waals surface area contributed by atoms with Crippen molar-refractivity contribution < 1.29 is 19.5 Å². The highest BCUT2D eigenvalue weighted by molar-refractivity contribution is 6.19. The molecule has 7 heteroatoms. The summed E-state index contributed by atoms with van der Waals surface area (Å²) < 4.78 is 0. The third-order valence-corrected chi connectivity index (χ3v) is 4.40. The molecule has 4 N–H and O–H groups in total. The lowest BCUT2D eigenvalue weighted by Crippen LogP contribution is -2.20. The van der Waals surface area contributed by atoms with E-state index in [1.165, 1.54) is 12.1 Å². The van der Waals surface area contributed by atoms with Gasteiger partial charge in [0.2, 0.25) is 11.8 Å². The van der Waals surface area contributed by atoms with Crippen molar-refractivity contribution >= 4 is 34.9 Å². The highest BCUT2D eigenvalue weighted by Crippen LogP contribution is 2.36.